The summed E-state index contributed by atoms with van der Waals surface area (Å²) in [5.41, 5.74) is -0.551. The summed E-state index contributed by atoms with van der Waals surface area (Å²) in [6, 6.07) is 0. The van der Waals surface area contributed by atoms with E-state index in [-0.39, 0.29) is 11.4 Å². The molecule has 0 atom stereocenters. The molecule has 1 saturated heterocycles. The topological polar surface area (TPSA) is 104 Å². The predicted molar refractivity (Wildman–Crippen MR) is 63.5 cm³/mol. The number of hydrogen-bond donors (Lipinski definition) is 3. The Morgan fingerprint density at radius 2 is 2.22 bits per heavy atom. The molecule has 1 fully saturated rings. The number of sulfonamides is 1. The molecule has 0 amide bonds. The molecule has 7 nitrogen and oxygen atoms in total. The standard InChI is InChI=1S/C10H17N3O4S/c1-8-9(6-11-13-8)18(15,16)12-7-10(14)2-4-17-5-3-10/h6,12,14H,2-5,7H2,1H3,(H,11,13). The fourth-order valence-corrected chi connectivity index (χ4v) is 3.10. The van der Waals surface area contributed by atoms with Crippen LogP contribution in [-0.2, 0) is 14.8 Å². The molecule has 3 N–H and O–H groups in total. The SMILES string of the molecule is Cc1[nH]ncc1S(=O)(=O)NCC1(O)CCOCC1. The first-order valence-corrected chi connectivity index (χ1v) is 7.21. The molecule has 1 aromatic rings. The van der Waals surface area contributed by atoms with Crippen molar-refractivity contribution in [1.29, 1.82) is 0 Å². The van der Waals surface area contributed by atoms with E-state index in [4.69, 9.17) is 4.74 Å². The lowest BCUT2D eigenvalue weighted by atomic mass is 9.95. The third-order valence-corrected chi connectivity index (χ3v) is 4.60. The van der Waals surface area contributed by atoms with Gasteiger partial charge in [0.25, 0.3) is 0 Å². The molecule has 2 rings (SSSR count). The molecular formula is C10H17N3O4S. The molecule has 0 unspecified atom stereocenters. The van der Waals surface area contributed by atoms with Crippen LogP contribution in [0.1, 0.15) is 18.5 Å². The molecule has 18 heavy (non-hydrogen) atoms. The zero-order chi connectivity index (χ0) is 13.2. The van der Waals surface area contributed by atoms with Crippen LogP contribution in [-0.4, -0.2) is 49.1 Å². The van der Waals surface area contributed by atoms with Crippen molar-refractivity contribution in [3.8, 4) is 0 Å². The van der Waals surface area contributed by atoms with Crippen LogP contribution in [0.4, 0.5) is 0 Å². The zero-order valence-corrected chi connectivity index (χ0v) is 11.0. The molecular weight excluding hydrogens is 258 g/mol. The minimum atomic E-state index is -3.63. The van der Waals surface area contributed by atoms with Gasteiger partial charge in [0, 0.05) is 32.6 Å². The van der Waals surface area contributed by atoms with Crippen molar-refractivity contribution in [2.45, 2.75) is 30.3 Å². The van der Waals surface area contributed by atoms with Gasteiger partial charge in [0.1, 0.15) is 4.90 Å². The van der Waals surface area contributed by atoms with Crippen molar-refractivity contribution < 1.29 is 18.3 Å². The largest absolute Gasteiger partial charge is 0.388 e. The smallest absolute Gasteiger partial charge is 0.244 e. The van der Waals surface area contributed by atoms with E-state index in [9.17, 15) is 13.5 Å². The van der Waals surface area contributed by atoms with Gasteiger partial charge in [-0.1, -0.05) is 0 Å². The number of aryl methyl sites for hydroxylation is 1. The highest BCUT2D eigenvalue weighted by Crippen LogP contribution is 2.20. The van der Waals surface area contributed by atoms with Crippen molar-refractivity contribution in [2.75, 3.05) is 19.8 Å². The maximum absolute atomic E-state index is 12.0. The van der Waals surface area contributed by atoms with Crippen LogP contribution < -0.4 is 4.72 Å². The highest BCUT2D eigenvalue weighted by atomic mass is 32.2. The Morgan fingerprint density at radius 3 is 2.78 bits per heavy atom. The lowest BCUT2D eigenvalue weighted by Crippen LogP contribution is -2.46. The summed E-state index contributed by atoms with van der Waals surface area (Å²) in [7, 11) is -3.63. The molecule has 1 aliphatic heterocycles. The van der Waals surface area contributed by atoms with Crippen LogP contribution in [0.2, 0.25) is 0 Å². The summed E-state index contributed by atoms with van der Waals surface area (Å²) >= 11 is 0. The third kappa shape index (κ3) is 2.89. The minimum Gasteiger partial charge on any atom is -0.388 e. The van der Waals surface area contributed by atoms with Crippen LogP contribution in [0.5, 0.6) is 0 Å². The Balaban J connectivity index is 2.03. The Kier molecular flexibility index (Phi) is 3.71. The maximum atomic E-state index is 12.0. The molecule has 2 heterocycles. The van der Waals surface area contributed by atoms with Crippen LogP contribution in [0, 0.1) is 6.92 Å². The number of aromatic nitrogens is 2. The van der Waals surface area contributed by atoms with Crippen molar-refractivity contribution >= 4 is 10.0 Å². The molecule has 0 saturated carbocycles. The van der Waals surface area contributed by atoms with E-state index < -0.39 is 15.6 Å². The molecule has 8 heteroatoms. The number of H-pyrrole nitrogens is 1. The molecule has 102 valence electrons. The van der Waals surface area contributed by atoms with Crippen molar-refractivity contribution in [1.82, 2.24) is 14.9 Å². The van der Waals surface area contributed by atoms with E-state index in [1.54, 1.807) is 6.92 Å². The van der Waals surface area contributed by atoms with Gasteiger partial charge in [0.05, 0.1) is 17.5 Å². The molecule has 0 bridgehead atoms. The Labute approximate surface area is 106 Å². The van der Waals surface area contributed by atoms with Crippen LogP contribution in [0.15, 0.2) is 11.1 Å². The second-order valence-corrected chi connectivity index (χ2v) is 6.26. The number of aliphatic hydroxyl groups is 1. The van der Waals surface area contributed by atoms with Crippen LogP contribution in [0.3, 0.4) is 0 Å². The summed E-state index contributed by atoms with van der Waals surface area (Å²) in [5.74, 6) is 0. The highest BCUT2D eigenvalue weighted by Gasteiger charge is 2.32. The maximum Gasteiger partial charge on any atom is 0.244 e. The van der Waals surface area contributed by atoms with Crippen LogP contribution in [0.25, 0.3) is 0 Å². The minimum absolute atomic E-state index is 0.0106. The van der Waals surface area contributed by atoms with Crippen molar-refractivity contribution in [3.63, 3.8) is 0 Å². The van der Waals surface area contributed by atoms with Gasteiger partial charge in [-0.15, -0.1) is 0 Å². The quantitative estimate of drug-likeness (QED) is 0.689. The molecule has 0 aliphatic carbocycles. The summed E-state index contributed by atoms with van der Waals surface area (Å²) in [6.45, 7) is 2.51. The van der Waals surface area contributed by atoms with Crippen molar-refractivity contribution in [2.24, 2.45) is 0 Å². The van der Waals surface area contributed by atoms with Gasteiger partial charge in [-0.25, -0.2) is 13.1 Å². The Hall–Kier alpha value is -0.960. The zero-order valence-electron chi connectivity index (χ0n) is 10.1. The summed E-state index contributed by atoms with van der Waals surface area (Å²) in [4.78, 5) is 0.109. The monoisotopic (exact) mass is 275 g/mol. The normalized spacial score (nSPS) is 19.9. The summed E-state index contributed by atoms with van der Waals surface area (Å²) in [5, 5.41) is 16.4. The number of hydrogen-bond acceptors (Lipinski definition) is 5. The highest BCUT2D eigenvalue weighted by molar-refractivity contribution is 7.89. The number of rotatable bonds is 4. The first-order valence-electron chi connectivity index (χ1n) is 5.73. The van der Waals surface area contributed by atoms with Gasteiger partial charge in [0.2, 0.25) is 10.0 Å². The molecule has 0 radical (unpaired) electrons. The van der Waals surface area contributed by atoms with Crippen molar-refractivity contribution in [3.05, 3.63) is 11.9 Å². The first-order chi connectivity index (χ1) is 8.43. The summed E-state index contributed by atoms with van der Waals surface area (Å²) < 4.78 is 31.5. The number of nitrogens with one attached hydrogen (secondary N) is 2. The van der Waals surface area contributed by atoms with E-state index in [0.717, 1.165) is 0 Å². The van der Waals surface area contributed by atoms with Gasteiger partial charge in [0.15, 0.2) is 0 Å². The molecule has 1 aliphatic rings. The number of ether oxygens (including phenoxy) is 1. The van der Waals surface area contributed by atoms with Gasteiger partial charge < -0.3 is 9.84 Å². The van der Waals surface area contributed by atoms with Crippen LogP contribution >= 0.6 is 0 Å². The summed E-state index contributed by atoms with van der Waals surface area (Å²) in [6.07, 6.45) is 2.12. The lowest BCUT2D eigenvalue weighted by Gasteiger charge is -2.31. The number of nitrogens with zero attached hydrogens (tertiary/aromatic N) is 1. The molecule has 0 aromatic carbocycles. The first kappa shape index (κ1) is 13.5. The number of aromatic amines is 1. The van der Waals surface area contributed by atoms with E-state index in [1.165, 1.54) is 6.20 Å². The van der Waals surface area contributed by atoms with Gasteiger partial charge in [-0.3, -0.25) is 5.10 Å². The second-order valence-electron chi connectivity index (χ2n) is 4.52. The fraction of sp³-hybridized carbons (Fsp3) is 0.700. The van der Waals surface area contributed by atoms with E-state index >= 15 is 0 Å². The lowest BCUT2D eigenvalue weighted by molar-refractivity contribution is -0.0588. The van der Waals surface area contributed by atoms with Gasteiger partial charge in [-0.2, -0.15) is 5.10 Å². The Bertz CT molecular complexity index is 505. The fourth-order valence-electron chi connectivity index (χ4n) is 1.85. The third-order valence-electron chi connectivity index (χ3n) is 3.09. The van der Waals surface area contributed by atoms with Gasteiger partial charge in [-0.05, 0) is 6.92 Å². The van der Waals surface area contributed by atoms with E-state index in [1.807, 2.05) is 0 Å². The van der Waals surface area contributed by atoms with E-state index in [0.29, 0.717) is 31.7 Å². The van der Waals surface area contributed by atoms with Gasteiger partial charge >= 0.3 is 0 Å². The molecule has 1 aromatic heterocycles. The second kappa shape index (κ2) is 4.96. The van der Waals surface area contributed by atoms with E-state index in [2.05, 4.69) is 14.9 Å². The Morgan fingerprint density at radius 1 is 1.56 bits per heavy atom. The average molecular weight is 275 g/mol. The predicted octanol–water partition coefficient (Wildman–Crippen LogP) is -0.462. The molecule has 0 spiro atoms. The average Bonchev–Trinajstić information content (AvgIpc) is 2.75.